The summed E-state index contributed by atoms with van der Waals surface area (Å²) in [6.07, 6.45) is 8.91. The zero-order chi connectivity index (χ0) is 16.4. The van der Waals surface area contributed by atoms with E-state index in [4.69, 9.17) is 0 Å². The van der Waals surface area contributed by atoms with Gasteiger partial charge in [0, 0.05) is 12.6 Å². The molecule has 6 heteroatoms. The zero-order valence-electron chi connectivity index (χ0n) is 14.1. The number of carbonyl (C=O) groups is 1. The van der Waals surface area contributed by atoms with E-state index in [1.54, 1.807) is 0 Å². The summed E-state index contributed by atoms with van der Waals surface area (Å²) in [6, 6.07) is 0.228. The first-order chi connectivity index (χ1) is 11.0. The van der Waals surface area contributed by atoms with E-state index in [-0.39, 0.29) is 16.5 Å². The Labute approximate surface area is 139 Å². The molecule has 3 aliphatic rings. The van der Waals surface area contributed by atoms with Crippen LogP contribution in [0.2, 0.25) is 0 Å². The molecule has 2 heterocycles. The van der Waals surface area contributed by atoms with Crippen LogP contribution in [0.3, 0.4) is 0 Å². The van der Waals surface area contributed by atoms with Gasteiger partial charge in [0.15, 0.2) is 9.84 Å². The summed E-state index contributed by atoms with van der Waals surface area (Å²) in [5, 5.41) is 5.76. The van der Waals surface area contributed by atoms with Crippen molar-refractivity contribution in [3.05, 3.63) is 0 Å². The summed E-state index contributed by atoms with van der Waals surface area (Å²) in [5.41, 5.74) is 0. The van der Waals surface area contributed by atoms with Gasteiger partial charge in [0.2, 0.25) is 0 Å². The maximum atomic E-state index is 12.1. The first kappa shape index (κ1) is 17.1. The molecule has 3 rings (SSSR count). The van der Waals surface area contributed by atoms with E-state index in [2.05, 4.69) is 17.6 Å². The number of rotatable bonds is 4. The summed E-state index contributed by atoms with van der Waals surface area (Å²) < 4.78 is 24.1. The number of fused-ring (bicyclic) bond motifs is 2. The van der Waals surface area contributed by atoms with Crippen LogP contribution in [0.1, 0.15) is 64.7 Å². The topological polar surface area (TPSA) is 75.3 Å². The lowest BCUT2D eigenvalue weighted by Gasteiger charge is -2.30. The van der Waals surface area contributed by atoms with Crippen LogP contribution >= 0.6 is 0 Å². The van der Waals surface area contributed by atoms with Gasteiger partial charge in [0.25, 0.3) is 0 Å². The van der Waals surface area contributed by atoms with Crippen LogP contribution in [0.4, 0.5) is 4.79 Å². The lowest BCUT2D eigenvalue weighted by Crippen LogP contribution is -2.46. The molecule has 0 aromatic carbocycles. The largest absolute Gasteiger partial charge is 0.338 e. The molecule has 2 unspecified atom stereocenters. The molecule has 1 aliphatic carbocycles. The number of sulfone groups is 1. The molecule has 2 saturated heterocycles. The minimum absolute atomic E-state index is 0.0780. The van der Waals surface area contributed by atoms with Gasteiger partial charge in [-0.1, -0.05) is 13.3 Å². The monoisotopic (exact) mass is 342 g/mol. The Morgan fingerprint density at radius 3 is 2.13 bits per heavy atom. The molecule has 2 amide bonds. The Morgan fingerprint density at radius 1 is 0.957 bits per heavy atom. The average molecular weight is 343 g/mol. The van der Waals surface area contributed by atoms with Gasteiger partial charge in [0.1, 0.15) is 0 Å². The first-order valence-electron chi connectivity index (χ1n) is 9.26. The molecule has 0 spiro atoms. The van der Waals surface area contributed by atoms with Crippen molar-refractivity contribution < 1.29 is 13.2 Å². The first-order valence-corrected chi connectivity index (χ1v) is 10.9. The lowest BCUT2D eigenvalue weighted by molar-refractivity contribution is 0.223. The summed E-state index contributed by atoms with van der Waals surface area (Å²) >= 11 is 0. The number of amides is 2. The van der Waals surface area contributed by atoms with Crippen LogP contribution in [0, 0.1) is 11.8 Å². The highest BCUT2D eigenvalue weighted by atomic mass is 32.2. The predicted molar refractivity (Wildman–Crippen MR) is 91.0 cm³/mol. The van der Waals surface area contributed by atoms with Crippen LogP contribution < -0.4 is 10.6 Å². The molecule has 132 valence electrons. The SMILES string of the molecule is CCC1CCC(NC(=O)NCC2CC3CCC(C2)S3(=O)=O)CC1. The van der Waals surface area contributed by atoms with E-state index in [1.807, 2.05) is 0 Å². The third-order valence-electron chi connectivity index (χ3n) is 6.24. The van der Waals surface area contributed by atoms with Crippen LogP contribution in [-0.4, -0.2) is 37.5 Å². The molecular weight excluding hydrogens is 312 g/mol. The quantitative estimate of drug-likeness (QED) is 0.824. The number of hydrogen-bond donors (Lipinski definition) is 2. The highest BCUT2D eigenvalue weighted by molar-refractivity contribution is 7.93. The Balaban J connectivity index is 1.39. The number of hydrogen-bond acceptors (Lipinski definition) is 3. The van der Waals surface area contributed by atoms with E-state index in [9.17, 15) is 13.2 Å². The van der Waals surface area contributed by atoms with Gasteiger partial charge in [-0.2, -0.15) is 0 Å². The van der Waals surface area contributed by atoms with E-state index in [0.29, 0.717) is 18.5 Å². The molecule has 23 heavy (non-hydrogen) atoms. The van der Waals surface area contributed by atoms with E-state index < -0.39 is 9.84 Å². The van der Waals surface area contributed by atoms with Crippen molar-refractivity contribution in [1.82, 2.24) is 10.6 Å². The van der Waals surface area contributed by atoms with Crippen molar-refractivity contribution in [3.63, 3.8) is 0 Å². The van der Waals surface area contributed by atoms with Gasteiger partial charge in [-0.3, -0.25) is 0 Å². The molecule has 2 atom stereocenters. The average Bonchev–Trinajstić information content (AvgIpc) is 2.71. The minimum atomic E-state index is -2.86. The van der Waals surface area contributed by atoms with Gasteiger partial charge < -0.3 is 10.6 Å². The molecule has 5 nitrogen and oxygen atoms in total. The molecule has 0 aromatic rings. The van der Waals surface area contributed by atoms with Crippen molar-refractivity contribution in [2.75, 3.05) is 6.54 Å². The molecule has 2 bridgehead atoms. The number of carbonyl (C=O) groups excluding carboxylic acids is 1. The Hall–Kier alpha value is -0.780. The normalized spacial score (nSPS) is 38.9. The minimum Gasteiger partial charge on any atom is -0.338 e. The third-order valence-corrected chi connectivity index (χ3v) is 8.96. The molecule has 1 saturated carbocycles. The van der Waals surface area contributed by atoms with Gasteiger partial charge in [0.05, 0.1) is 10.5 Å². The summed E-state index contributed by atoms with van der Waals surface area (Å²) in [7, 11) is -2.86. The van der Waals surface area contributed by atoms with Crippen molar-refractivity contribution >= 4 is 15.9 Å². The van der Waals surface area contributed by atoms with Gasteiger partial charge in [-0.05, 0) is 63.2 Å². The molecule has 3 fully saturated rings. The fourth-order valence-corrected chi connectivity index (χ4v) is 7.23. The fourth-order valence-electron chi connectivity index (χ4n) is 4.67. The number of nitrogens with one attached hydrogen (secondary N) is 2. The molecule has 0 aromatic heterocycles. The Morgan fingerprint density at radius 2 is 1.57 bits per heavy atom. The smallest absolute Gasteiger partial charge is 0.315 e. The van der Waals surface area contributed by atoms with Crippen molar-refractivity contribution in [3.8, 4) is 0 Å². The standard InChI is InChI=1S/C17H30N2O3S/c1-2-12-3-5-14(6-4-12)19-17(20)18-11-13-9-15-7-8-16(10-13)23(15,21)22/h12-16H,2-11H2,1H3,(H2,18,19,20). The van der Waals surface area contributed by atoms with E-state index in [1.165, 1.54) is 19.3 Å². The highest BCUT2D eigenvalue weighted by Crippen LogP contribution is 2.40. The summed E-state index contributed by atoms with van der Waals surface area (Å²) in [6.45, 7) is 2.85. The Kier molecular flexibility index (Phi) is 5.19. The maximum Gasteiger partial charge on any atom is 0.315 e. The van der Waals surface area contributed by atoms with Crippen molar-refractivity contribution in [2.45, 2.75) is 81.3 Å². The Bertz CT molecular complexity index is 506. The van der Waals surface area contributed by atoms with Crippen molar-refractivity contribution in [1.29, 1.82) is 0 Å². The van der Waals surface area contributed by atoms with E-state index >= 15 is 0 Å². The lowest BCUT2D eigenvalue weighted by atomic mass is 9.85. The molecular formula is C17H30N2O3S. The fraction of sp³-hybridized carbons (Fsp3) is 0.941. The van der Waals surface area contributed by atoms with Crippen molar-refractivity contribution in [2.24, 2.45) is 11.8 Å². The van der Waals surface area contributed by atoms with E-state index in [0.717, 1.165) is 44.4 Å². The second-order valence-electron chi connectivity index (χ2n) is 7.73. The van der Waals surface area contributed by atoms with Gasteiger partial charge in [-0.25, -0.2) is 13.2 Å². The maximum absolute atomic E-state index is 12.1. The molecule has 2 N–H and O–H groups in total. The van der Waals surface area contributed by atoms with Crippen LogP contribution in [0.25, 0.3) is 0 Å². The van der Waals surface area contributed by atoms with Gasteiger partial charge >= 0.3 is 6.03 Å². The second-order valence-corrected chi connectivity index (χ2v) is 10.2. The second kappa shape index (κ2) is 6.99. The third kappa shape index (κ3) is 3.83. The zero-order valence-corrected chi connectivity index (χ0v) is 14.9. The number of urea groups is 1. The van der Waals surface area contributed by atoms with Gasteiger partial charge in [-0.15, -0.1) is 0 Å². The van der Waals surface area contributed by atoms with Crippen LogP contribution in [0.15, 0.2) is 0 Å². The van der Waals surface area contributed by atoms with Crippen LogP contribution in [-0.2, 0) is 9.84 Å². The van der Waals surface area contributed by atoms with Crippen LogP contribution in [0.5, 0.6) is 0 Å². The highest BCUT2D eigenvalue weighted by Gasteiger charge is 2.46. The summed E-state index contributed by atoms with van der Waals surface area (Å²) in [4.78, 5) is 12.1. The molecule has 0 radical (unpaired) electrons. The summed E-state index contributed by atoms with van der Waals surface area (Å²) in [5.74, 6) is 1.15. The predicted octanol–water partition coefficient (Wildman–Crippen LogP) is 2.61. The molecule has 2 aliphatic heterocycles.